The topological polar surface area (TPSA) is 76.5 Å². The average molecular weight is 281 g/mol. The van der Waals surface area contributed by atoms with Crippen LogP contribution in [0.4, 0.5) is 10.1 Å². The van der Waals surface area contributed by atoms with Crippen molar-refractivity contribution in [3.63, 3.8) is 0 Å². The second kappa shape index (κ2) is 5.36. The van der Waals surface area contributed by atoms with E-state index in [0.29, 0.717) is 22.8 Å². The van der Waals surface area contributed by atoms with E-state index in [9.17, 15) is 9.18 Å². The number of furan rings is 1. The Bertz CT molecular complexity index is 624. The lowest BCUT2D eigenvalue weighted by Crippen LogP contribution is -1.95. The number of carboxylic acid groups (broad SMARTS) is 1. The molecule has 0 saturated heterocycles. The van der Waals surface area contributed by atoms with Gasteiger partial charge in [-0.25, -0.2) is 9.18 Å². The molecule has 2 rings (SSSR count). The van der Waals surface area contributed by atoms with E-state index in [4.69, 9.17) is 15.3 Å². The normalized spacial score (nSPS) is 10.6. The average Bonchev–Trinajstić information content (AvgIpc) is 2.69. The van der Waals surface area contributed by atoms with Gasteiger partial charge in [-0.3, -0.25) is 0 Å². The molecule has 0 radical (unpaired) electrons. The summed E-state index contributed by atoms with van der Waals surface area (Å²) in [6, 6.07) is 5.84. The van der Waals surface area contributed by atoms with Gasteiger partial charge in [0, 0.05) is 16.1 Å². The van der Waals surface area contributed by atoms with Crippen molar-refractivity contribution >= 4 is 23.4 Å². The number of benzene rings is 1. The zero-order valence-electron chi connectivity index (χ0n) is 10.1. The van der Waals surface area contributed by atoms with Gasteiger partial charge in [0.05, 0.1) is 5.75 Å². The molecule has 0 aliphatic carbocycles. The molecule has 1 aromatic carbocycles. The molecule has 19 heavy (non-hydrogen) atoms. The van der Waals surface area contributed by atoms with Crippen LogP contribution < -0.4 is 5.73 Å². The number of halogens is 1. The molecule has 0 fully saturated rings. The Balaban J connectivity index is 2.10. The third-order valence-electron chi connectivity index (χ3n) is 2.50. The van der Waals surface area contributed by atoms with Crippen LogP contribution >= 0.6 is 11.8 Å². The highest BCUT2D eigenvalue weighted by atomic mass is 32.2. The Morgan fingerprint density at radius 3 is 2.79 bits per heavy atom. The van der Waals surface area contributed by atoms with E-state index >= 15 is 0 Å². The van der Waals surface area contributed by atoms with E-state index in [0.717, 1.165) is 4.90 Å². The molecule has 0 unspecified atom stereocenters. The van der Waals surface area contributed by atoms with Gasteiger partial charge in [-0.1, -0.05) is 0 Å². The molecule has 4 nitrogen and oxygen atoms in total. The highest BCUT2D eigenvalue weighted by molar-refractivity contribution is 7.98. The van der Waals surface area contributed by atoms with Gasteiger partial charge in [-0.05, 0) is 31.2 Å². The zero-order valence-corrected chi connectivity index (χ0v) is 11.0. The molecular weight excluding hydrogens is 269 g/mol. The molecule has 1 aromatic heterocycles. The fourth-order valence-electron chi connectivity index (χ4n) is 1.63. The van der Waals surface area contributed by atoms with Crippen LogP contribution in [0.5, 0.6) is 0 Å². The first-order valence-corrected chi connectivity index (χ1v) is 6.46. The molecule has 2 aromatic rings. The molecule has 1 heterocycles. The number of hydrogen-bond donors (Lipinski definition) is 2. The minimum atomic E-state index is -1.09. The zero-order chi connectivity index (χ0) is 14.0. The molecule has 0 aliphatic heterocycles. The summed E-state index contributed by atoms with van der Waals surface area (Å²) < 4.78 is 18.1. The van der Waals surface area contributed by atoms with Gasteiger partial charge in [-0.2, -0.15) is 0 Å². The summed E-state index contributed by atoms with van der Waals surface area (Å²) in [5.41, 5.74) is 6.62. The number of nitrogens with two attached hydrogens (primary N) is 1. The molecule has 3 N–H and O–H groups in total. The Morgan fingerprint density at radius 1 is 1.47 bits per heavy atom. The van der Waals surface area contributed by atoms with Gasteiger partial charge in [0.2, 0.25) is 5.76 Å². The second-order valence-corrected chi connectivity index (χ2v) is 5.02. The number of carbonyl (C=O) groups is 1. The molecular formula is C13H12FNO3S. The van der Waals surface area contributed by atoms with Gasteiger partial charge in [0.15, 0.2) is 0 Å². The van der Waals surface area contributed by atoms with Crippen molar-refractivity contribution in [3.8, 4) is 0 Å². The van der Waals surface area contributed by atoms with Crippen LogP contribution in [0.15, 0.2) is 33.6 Å². The number of aryl methyl sites for hydroxylation is 1. The lowest BCUT2D eigenvalue weighted by molar-refractivity contribution is 0.0659. The Labute approximate surface area is 113 Å². The maximum atomic E-state index is 12.9. The molecule has 0 amide bonds. The van der Waals surface area contributed by atoms with E-state index in [-0.39, 0.29) is 11.6 Å². The summed E-state index contributed by atoms with van der Waals surface area (Å²) >= 11 is 1.36. The van der Waals surface area contributed by atoms with Crippen molar-refractivity contribution in [2.75, 3.05) is 5.73 Å². The van der Waals surface area contributed by atoms with Crippen LogP contribution in [0.1, 0.15) is 21.9 Å². The Morgan fingerprint density at radius 2 is 2.21 bits per heavy atom. The van der Waals surface area contributed by atoms with Gasteiger partial charge >= 0.3 is 5.97 Å². The molecule has 0 saturated carbocycles. The summed E-state index contributed by atoms with van der Waals surface area (Å²) in [5.74, 6) is -0.547. The summed E-state index contributed by atoms with van der Waals surface area (Å²) in [5, 5.41) is 8.88. The summed E-state index contributed by atoms with van der Waals surface area (Å²) in [6.45, 7) is 1.67. The van der Waals surface area contributed by atoms with E-state index in [2.05, 4.69) is 0 Å². The predicted molar refractivity (Wildman–Crippen MR) is 70.8 cm³/mol. The highest BCUT2D eigenvalue weighted by Crippen LogP contribution is 2.29. The van der Waals surface area contributed by atoms with E-state index < -0.39 is 5.97 Å². The van der Waals surface area contributed by atoms with Crippen LogP contribution in [0, 0.1) is 12.7 Å². The number of nitrogen functional groups attached to an aromatic ring is 1. The quantitative estimate of drug-likeness (QED) is 0.664. The van der Waals surface area contributed by atoms with E-state index in [1.807, 2.05) is 0 Å². The lowest BCUT2D eigenvalue weighted by atomic mass is 10.3. The summed E-state index contributed by atoms with van der Waals surface area (Å²) in [7, 11) is 0. The van der Waals surface area contributed by atoms with Crippen LogP contribution in [-0.4, -0.2) is 11.1 Å². The van der Waals surface area contributed by atoms with Crippen molar-refractivity contribution in [1.29, 1.82) is 0 Å². The number of carboxylic acids is 1. The van der Waals surface area contributed by atoms with Crippen LogP contribution in [-0.2, 0) is 5.75 Å². The van der Waals surface area contributed by atoms with Gasteiger partial charge in [0.25, 0.3) is 0 Å². The molecule has 0 aliphatic rings. The van der Waals surface area contributed by atoms with Crippen LogP contribution in [0.25, 0.3) is 0 Å². The lowest BCUT2D eigenvalue weighted by Gasteiger charge is -2.03. The second-order valence-electron chi connectivity index (χ2n) is 4.00. The third kappa shape index (κ3) is 3.08. The maximum absolute atomic E-state index is 12.9. The van der Waals surface area contributed by atoms with Crippen molar-refractivity contribution < 1.29 is 18.7 Å². The fraction of sp³-hybridized carbons (Fsp3) is 0.154. The van der Waals surface area contributed by atoms with E-state index in [1.165, 1.54) is 23.9 Å². The first-order chi connectivity index (χ1) is 8.97. The van der Waals surface area contributed by atoms with Crippen molar-refractivity contribution in [2.45, 2.75) is 17.6 Å². The smallest absolute Gasteiger partial charge is 0.372 e. The molecule has 0 spiro atoms. The van der Waals surface area contributed by atoms with E-state index in [1.54, 1.807) is 19.1 Å². The van der Waals surface area contributed by atoms with Crippen LogP contribution in [0.2, 0.25) is 0 Å². The Kier molecular flexibility index (Phi) is 3.80. The number of aromatic carboxylic acids is 1. The number of thioether (sulfide) groups is 1. The molecule has 0 bridgehead atoms. The van der Waals surface area contributed by atoms with Gasteiger partial charge in [-0.15, -0.1) is 11.8 Å². The molecule has 100 valence electrons. The number of rotatable bonds is 4. The largest absolute Gasteiger partial charge is 0.475 e. The minimum absolute atomic E-state index is 0.0531. The first kappa shape index (κ1) is 13.5. The highest BCUT2D eigenvalue weighted by Gasteiger charge is 2.14. The predicted octanol–water partition coefficient (Wildman–Crippen LogP) is 3.30. The van der Waals surface area contributed by atoms with Crippen molar-refractivity contribution in [3.05, 3.63) is 47.2 Å². The Hall–Kier alpha value is -1.95. The van der Waals surface area contributed by atoms with Crippen molar-refractivity contribution in [2.24, 2.45) is 0 Å². The van der Waals surface area contributed by atoms with Gasteiger partial charge in [0.1, 0.15) is 11.6 Å². The maximum Gasteiger partial charge on any atom is 0.372 e. The number of hydrogen-bond acceptors (Lipinski definition) is 4. The standard InChI is InChI=1S/C13H12FNO3S/c1-7-4-9(18-12(7)13(16)17)6-19-11-3-2-8(14)5-10(11)15/h2-5H,6,15H2,1H3,(H,16,17). The fourth-order valence-corrected chi connectivity index (χ4v) is 2.46. The minimum Gasteiger partial charge on any atom is -0.475 e. The van der Waals surface area contributed by atoms with Crippen LogP contribution in [0.3, 0.4) is 0 Å². The SMILES string of the molecule is Cc1cc(CSc2ccc(F)cc2N)oc1C(=O)O. The number of anilines is 1. The third-order valence-corrected chi connectivity index (χ3v) is 3.62. The summed E-state index contributed by atoms with van der Waals surface area (Å²) in [6.07, 6.45) is 0. The summed E-state index contributed by atoms with van der Waals surface area (Å²) in [4.78, 5) is 11.6. The van der Waals surface area contributed by atoms with Crippen molar-refractivity contribution in [1.82, 2.24) is 0 Å². The monoisotopic (exact) mass is 281 g/mol. The molecule has 0 atom stereocenters. The first-order valence-electron chi connectivity index (χ1n) is 5.48. The molecule has 6 heteroatoms. The van der Waals surface area contributed by atoms with Gasteiger partial charge < -0.3 is 15.3 Å².